The predicted molar refractivity (Wildman–Crippen MR) is 150 cm³/mol. The Hall–Kier alpha value is -2.44. The number of carbonyl (C=O) groups is 2. The summed E-state index contributed by atoms with van der Waals surface area (Å²) in [5.41, 5.74) is 0.820. The van der Waals surface area contributed by atoms with E-state index in [4.69, 9.17) is 14.2 Å². The first-order chi connectivity index (χ1) is 18.7. The molecule has 0 amide bonds. The van der Waals surface area contributed by atoms with Crippen LogP contribution in [0.1, 0.15) is 66.2 Å². The molecule has 1 aromatic rings. The van der Waals surface area contributed by atoms with Crippen LogP contribution in [0, 0.1) is 34.5 Å². The highest BCUT2D eigenvalue weighted by Crippen LogP contribution is 2.71. The third-order valence-electron chi connectivity index (χ3n) is 11.1. The summed E-state index contributed by atoms with van der Waals surface area (Å²) in [5.74, 6) is 2.35. The van der Waals surface area contributed by atoms with E-state index in [0.717, 1.165) is 44.2 Å². The molecule has 0 aromatic heterocycles. The number of anilines is 1. The summed E-state index contributed by atoms with van der Waals surface area (Å²) >= 11 is 0. The molecule has 39 heavy (non-hydrogen) atoms. The van der Waals surface area contributed by atoms with Crippen molar-refractivity contribution in [2.75, 3.05) is 19.0 Å². The predicted octanol–water partition coefficient (Wildman–Crippen LogP) is 6.12. The molecule has 1 N–H and O–H groups in total. The number of Topliss-reactive ketones (excluding diaryl/α,β-unsaturated/α-hetero) is 1. The Morgan fingerprint density at radius 2 is 1.97 bits per heavy atom. The van der Waals surface area contributed by atoms with Gasteiger partial charge in [0.2, 0.25) is 5.78 Å². The van der Waals surface area contributed by atoms with Crippen LogP contribution in [0.25, 0.3) is 0 Å². The van der Waals surface area contributed by atoms with Crippen LogP contribution in [0.2, 0.25) is 0 Å². The van der Waals surface area contributed by atoms with Crippen molar-refractivity contribution in [2.45, 2.75) is 84.2 Å². The lowest BCUT2D eigenvalue weighted by Gasteiger charge is -2.60. The molecule has 0 spiro atoms. The van der Waals surface area contributed by atoms with Crippen molar-refractivity contribution in [1.29, 1.82) is 0 Å². The Bertz CT molecular complexity index is 1200. The van der Waals surface area contributed by atoms with Crippen molar-refractivity contribution in [3.8, 4) is 5.75 Å². The number of carbonyl (C=O) groups excluding carboxylic acids is 2. The van der Waals surface area contributed by atoms with Gasteiger partial charge in [0.25, 0.3) is 0 Å². The molecule has 6 rings (SSSR count). The SMILES string of the molecule is CCC[C@@H]1OC2CC3C4CCC5=CC(=O)C=CC5(C)C4C(C)CC3(C)C2(C(=O)COc2ccc(NC)cc2)O1. The van der Waals surface area contributed by atoms with Gasteiger partial charge in [0.15, 0.2) is 17.7 Å². The van der Waals surface area contributed by atoms with Crippen LogP contribution in [0.5, 0.6) is 5.75 Å². The molecule has 1 aliphatic heterocycles. The molecular formula is C33H43NO5. The lowest BCUT2D eigenvalue weighted by Crippen LogP contribution is -2.62. The van der Waals surface area contributed by atoms with Gasteiger partial charge < -0.3 is 19.5 Å². The number of benzene rings is 1. The van der Waals surface area contributed by atoms with Gasteiger partial charge in [0.05, 0.1) is 6.10 Å². The normalized spacial score (nSPS) is 42.2. The van der Waals surface area contributed by atoms with E-state index < -0.39 is 5.60 Å². The van der Waals surface area contributed by atoms with Gasteiger partial charge >= 0.3 is 0 Å². The maximum Gasteiger partial charge on any atom is 0.205 e. The van der Waals surface area contributed by atoms with Crippen LogP contribution in [0.15, 0.2) is 48.1 Å². The summed E-state index contributed by atoms with van der Waals surface area (Å²) in [6.07, 6.45) is 10.6. The summed E-state index contributed by atoms with van der Waals surface area (Å²) in [5, 5.41) is 3.11. The largest absolute Gasteiger partial charge is 0.486 e. The summed E-state index contributed by atoms with van der Waals surface area (Å²) in [7, 11) is 1.88. The smallest absolute Gasteiger partial charge is 0.205 e. The molecule has 0 bridgehead atoms. The quantitative estimate of drug-likeness (QED) is 0.455. The molecule has 1 heterocycles. The van der Waals surface area contributed by atoms with E-state index in [0.29, 0.717) is 29.4 Å². The van der Waals surface area contributed by atoms with Gasteiger partial charge in [-0.15, -0.1) is 0 Å². The van der Waals surface area contributed by atoms with Gasteiger partial charge in [-0.05, 0) is 92.2 Å². The van der Waals surface area contributed by atoms with Crippen LogP contribution in [0.4, 0.5) is 5.69 Å². The molecule has 4 fully saturated rings. The van der Waals surface area contributed by atoms with E-state index in [-0.39, 0.29) is 41.4 Å². The van der Waals surface area contributed by atoms with Crippen molar-refractivity contribution in [3.63, 3.8) is 0 Å². The van der Waals surface area contributed by atoms with E-state index in [2.05, 4.69) is 39.1 Å². The maximum atomic E-state index is 14.3. The van der Waals surface area contributed by atoms with Crippen LogP contribution >= 0.6 is 0 Å². The van der Waals surface area contributed by atoms with Crippen molar-refractivity contribution in [3.05, 3.63) is 48.1 Å². The van der Waals surface area contributed by atoms with Gasteiger partial charge in [-0.2, -0.15) is 0 Å². The fourth-order valence-corrected chi connectivity index (χ4v) is 9.54. The summed E-state index contributed by atoms with van der Waals surface area (Å²) in [4.78, 5) is 26.6. The summed E-state index contributed by atoms with van der Waals surface area (Å²) in [6.45, 7) is 9.07. The third kappa shape index (κ3) is 3.88. The average molecular weight is 534 g/mol. The van der Waals surface area contributed by atoms with E-state index in [1.165, 1.54) is 5.57 Å². The molecule has 6 nitrogen and oxygen atoms in total. The zero-order valence-corrected chi connectivity index (χ0v) is 24.0. The second-order valence-electron chi connectivity index (χ2n) is 13.0. The lowest BCUT2D eigenvalue weighted by molar-refractivity contribution is -0.191. The Morgan fingerprint density at radius 1 is 1.21 bits per heavy atom. The average Bonchev–Trinajstić information content (AvgIpc) is 3.40. The minimum absolute atomic E-state index is 0.00483. The first-order valence-electron chi connectivity index (χ1n) is 14.9. The zero-order chi connectivity index (χ0) is 27.6. The Balaban J connectivity index is 1.32. The highest BCUT2D eigenvalue weighted by Gasteiger charge is 2.75. The minimum atomic E-state index is -1.00. The van der Waals surface area contributed by atoms with E-state index in [1.807, 2.05) is 37.4 Å². The molecule has 1 aromatic carbocycles. The zero-order valence-electron chi connectivity index (χ0n) is 24.0. The van der Waals surface area contributed by atoms with Gasteiger partial charge in [0, 0.05) is 23.6 Å². The number of rotatable bonds is 7. The standard InChI is InChI=1S/C33H43NO5/c1-6-7-29-38-28-17-26-25-13-8-21-16-23(35)14-15-31(21,3)30(25)20(2)18-32(26,4)33(28,39-29)27(36)19-37-24-11-9-22(34-5)10-12-24/h9-12,14-16,20,25-26,28-30,34H,6-8,13,17-19H2,1-5H3/t20?,25?,26?,28?,29-,30?,31?,32?,33?/m1/s1. The monoisotopic (exact) mass is 533 g/mol. The lowest BCUT2D eigenvalue weighted by atomic mass is 9.44. The van der Waals surface area contributed by atoms with Crippen molar-refractivity contribution >= 4 is 17.3 Å². The highest BCUT2D eigenvalue weighted by molar-refractivity contribution is 6.01. The molecule has 9 atom stereocenters. The Kier molecular flexibility index (Phi) is 6.58. The van der Waals surface area contributed by atoms with Gasteiger partial charge in [0.1, 0.15) is 12.4 Å². The molecule has 5 aliphatic rings. The van der Waals surface area contributed by atoms with E-state index in [9.17, 15) is 9.59 Å². The summed E-state index contributed by atoms with van der Waals surface area (Å²) in [6, 6.07) is 7.68. The Labute approximate surface area is 232 Å². The van der Waals surface area contributed by atoms with Crippen molar-refractivity contribution in [2.24, 2.45) is 34.5 Å². The molecule has 6 heteroatoms. The molecule has 4 aliphatic carbocycles. The van der Waals surface area contributed by atoms with Crippen LogP contribution < -0.4 is 10.1 Å². The van der Waals surface area contributed by atoms with E-state index in [1.54, 1.807) is 6.08 Å². The van der Waals surface area contributed by atoms with Crippen LogP contribution in [0.3, 0.4) is 0 Å². The number of allylic oxidation sites excluding steroid dienone is 4. The number of fused-ring (bicyclic) bond motifs is 7. The van der Waals surface area contributed by atoms with Crippen LogP contribution in [-0.4, -0.2) is 43.2 Å². The molecule has 1 saturated heterocycles. The molecular weight excluding hydrogens is 490 g/mol. The second kappa shape index (κ2) is 9.59. The minimum Gasteiger partial charge on any atom is -0.486 e. The van der Waals surface area contributed by atoms with Crippen LogP contribution in [-0.2, 0) is 19.1 Å². The molecule has 3 saturated carbocycles. The van der Waals surface area contributed by atoms with E-state index >= 15 is 0 Å². The number of hydrogen-bond acceptors (Lipinski definition) is 6. The summed E-state index contributed by atoms with van der Waals surface area (Å²) < 4.78 is 19.5. The fourth-order valence-electron chi connectivity index (χ4n) is 9.54. The fraction of sp³-hybridized carbons (Fsp3) is 0.636. The number of nitrogens with one attached hydrogen (secondary N) is 1. The van der Waals surface area contributed by atoms with Crippen molar-refractivity contribution in [1.82, 2.24) is 0 Å². The third-order valence-corrected chi connectivity index (χ3v) is 11.1. The number of ether oxygens (including phenoxy) is 3. The van der Waals surface area contributed by atoms with Crippen molar-refractivity contribution < 1.29 is 23.8 Å². The van der Waals surface area contributed by atoms with Gasteiger partial charge in [-0.25, -0.2) is 0 Å². The first kappa shape index (κ1) is 26.8. The molecule has 210 valence electrons. The topological polar surface area (TPSA) is 73.9 Å². The maximum absolute atomic E-state index is 14.3. The Morgan fingerprint density at radius 3 is 2.69 bits per heavy atom. The highest BCUT2D eigenvalue weighted by atomic mass is 16.7. The molecule has 8 unspecified atom stereocenters. The van der Waals surface area contributed by atoms with Gasteiger partial charge in [-0.1, -0.05) is 45.8 Å². The number of ketones is 2. The molecule has 0 radical (unpaired) electrons. The van der Waals surface area contributed by atoms with Gasteiger partial charge in [-0.3, -0.25) is 9.59 Å². The number of hydrogen-bond donors (Lipinski definition) is 1. The second-order valence-corrected chi connectivity index (χ2v) is 13.0. The first-order valence-corrected chi connectivity index (χ1v) is 14.9.